The molecule has 4 aromatic rings. The van der Waals surface area contributed by atoms with E-state index in [9.17, 15) is 8.42 Å². The van der Waals surface area contributed by atoms with Gasteiger partial charge in [-0.05, 0) is 54.3 Å². The first-order chi connectivity index (χ1) is 17.3. The number of hydrogen-bond acceptors (Lipinski definition) is 7. The van der Waals surface area contributed by atoms with Gasteiger partial charge in [-0.1, -0.05) is 17.7 Å². The highest BCUT2D eigenvalue weighted by atomic mass is 32.2. The summed E-state index contributed by atoms with van der Waals surface area (Å²) >= 11 is 0. The third-order valence-electron chi connectivity index (χ3n) is 5.89. The van der Waals surface area contributed by atoms with Crippen LogP contribution < -0.4 is 23.7 Å². The molecule has 9 heteroatoms. The molecule has 36 heavy (non-hydrogen) atoms. The Kier molecular flexibility index (Phi) is 7.21. The van der Waals surface area contributed by atoms with Crippen LogP contribution >= 0.6 is 0 Å². The summed E-state index contributed by atoms with van der Waals surface area (Å²) in [4.78, 5) is 4.75. The molecule has 0 fully saturated rings. The first kappa shape index (κ1) is 25.1. The van der Waals surface area contributed by atoms with E-state index in [-0.39, 0.29) is 4.90 Å². The molecule has 0 saturated carbocycles. The third kappa shape index (κ3) is 5.01. The minimum Gasteiger partial charge on any atom is -0.493 e. The Morgan fingerprint density at radius 1 is 0.778 bits per heavy atom. The zero-order valence-corrected chi connectivity index (χ0v) is 21.6. The van der Waals surface area contributed by atoms with E-state index in [1.807, 2.05) is 25.1 Å². The molecule has 0 unspecified atom stereocenters. The Balaban J connectivity index is 1.82. The van der Waals surface area contributed by atoms with Crippen LogP contribution in [-0.2, 0) is 16.4 Å². The fourth-order valence-corrected chi connectivity index (χ4v) is 5.06. The summed E-state index contributed by atoms with van der Waals surface area (Å²) in [6.45, 7) is 1.90. The van der Waals surface area contributed by atoms with Crippen LogP contribution in [0.25, 0.3) is 10.8 Å². The molecule has 1 heterocycles. The Morgan fingerprint density at radius 2 is 1.36 bits per heavy atom. The van der Waals surface area contributed by atoms with Gasteiger partial charge in [-0.25, -0.2) is 8.42 Å². The molecule has 1 N–H and O–H groups in total. The zero-order valence-electron chi connectivity index (χ0n) is 20.8. The number of aryl methyl sites for hydroxylation is 1. The van der Waals surface area contributed by atoms with Crippen molar-refractivity contribution in [2.24, 2.45) is 0 Å². The third-order valence-corrected chi connectivity index (χ3v) is 7.28. The number of benzene rings is 3. The van der Waals surface area contributed by atoms with Crippen molar-refractivity contribution in [3.8, 4) is 23.0 Å². The van der Waals surface area contributed by atoms with E-state index in [1.54, 1.807) is 56.8 Å². The highest BCUT2D eigenvalue weighted by Crippen LogP contribution is 2.38. The van der Waals surface area contributed by atoms with Crippen molar-refractivity contribution in [2.75, 3.05) is 33.2 Å². The van der Waals surface area contributed by atoms with Crippen LogP contribution in [0.5, 0.6) is 23.0 Å². The number of pyridine rings is 1. The van der Waals surface area contributed by atoms with Gasteiger partial charge >= 0.3 is 0 Å². The number of rotatable bonds is 9. The Hall–Kier alpha value is -3.98. The summed E-state index contributed by atoms with van der Waals surface area (Å²) in [6, 6.07) is 15.7. The second-order valence-corrected chi connectivity index (χ2v) is 9.83. The average Bonchev–Trinajstić information content (AvgIpc) is 2.88. The number of nitrogens with zero attached hydrogens (tertiary/aromatic N) is 1. The molecule has 1 aromatic heterocycles. The van der Waals surface area contributed by atoms with E-state index in [0.29, 0.717) is 40.7 Å². The van der Waals surface area contributed by atoms with Crippen LogP contribution in [0.1, 0.15) is 16.8 Å². The van der Waals surface area contributed by atoms with Crippen LogP contribution in [0.15, 0.2) is 65.7 Å². The second-order valence-electron chi connectivity index (χ2n) is 8.15. The lowest BCUT2D eigenvalue weighted by molar-refractivity contribution is 0.355. The highest BCUT2D eigenvalue weighted by molar-refractivity contribution is 7.92. The maximum absolute atomic E-state index is 13.2. The topological polar surface area (TPSA) is 96.0 Å². The number of anilines is 1. The molecule has 0 saturated heterocycles. The van der Waals surface area contributed by atoms with Gasteiger partial charge in [-0.2, -0.15) is 0 Å². The summed E-state index contributed by atoms with van der Waals surface area (Å²) in [7, 11) is 2.34. The van der Waals surface area contributed by atoms with Crippen molar-refractivity contribution in [1.29, 1.82) is 0 Å². The van der Waals surface area contributed by atoms with Gasteiger partial charge in [0.05, 0.1) is 44.7 Å². The van der Waals surface area contributed by atoms with Crippen LogP contribution in [0.4, 0.5) is 5.69 Å². The van der Waals surface area contributed by atoms with Gasteiger partial charge in [-0.3, -0.25) is 9.71 Å². The summed E-state index contributed by atoms with van der Waals surface area (Å²) in [5.74, 6) is 2.07. The van der Waals surface area contributed by atoms with Gasteiger partial charge in [0.15, 0.2) is 23.0 Å². The van der Waals surface area contributed by atoms with E-state index in [0.717, 1.165) is 22.0 Å². The summed E-state index contributed by atoms with van der Waals surface area (Å²) in [5, 5.41) is 1.78. The van der Waals surface area contributed by atoms with Crippen molar-refractivity contribution < 1.29 is 27.4 Å². The number of ether oxygens (including phenoxy) is 4. The fourth-order valence-electron chi connectivity index (χ4n) is 3.96. The Labute approximate surface area is 210 Å². The fraction of sp³-hybridized carbons (Fsp3) is 0.222. The highest BCUT2D eigenvalue weighted by Gasteiger charge is 2.20. The number of hydrogen-bond donors (Lipinski definition) is 1. The maximum atomic E-state index is 13.2. The maximum Gasteiger partial charge on any atom is 0.261 e. The smallest absolute Gasteiger partial charge is 0.261 e. The molecular weight excluding hydrogens is 480 g/mol. The molecule has 4 rings (SSSR count). The molecular formula is C27H28N2O6S. The quantitative estimate of drug-likeness (QED) is 0.341. The van der Waals surface area contributed by atoms with E-state index in [2.05, 4.69) is 9.71 Å². The van der Waals surface area contributed by atoms with Crippen LogP contribution in [0.3, 0.4) is 0 Å². The standard InChI is InChI=1S/C27H28N2O6S/c1-17-6-8-20(9-7-17)36(30,31)29-22-16-27(35-5)25(33-3)14-19(22)12-23-21-15-26(34-4)24(32-2)13-18(21)10-11-28-23/h6-11,13-16,29H,12H2,1-5H3. The largest absolute Gasteiger partial charge is 0.493 e. The predicted molar refractivity (Wildman–Crippen MR) is 139 cm³/mol. The molecule has 188 valence electrons. The number of sulfonamides is 1. The molecule has 3 aromatic carbocycles. The monoisotopic (exact) mass is 508 g/mol. The van der Waals surface area contributed by atoms with Crippen LogP contribution in [-0.4, -0.2) is 41.8 Å². The summed E-state index contributed by atoms with van der Waals surface area (Å²) in [5.41, 5.74) is 2.73. The lowest BCUT2D eigenvalue weighted by atomic mass is 10.0. The van der Waals surface area contributed by atoms with E-state index >= 15 is 0 Å². The van der Waals surface area contributed by atoms with Crippen molar-refractivity contribution in [3.63, 3.8) is 0 Å². The van der Waals surface area contributed by atoms with Gasteiger partial charge in [0, 0.05) is 24.1 Å². The average molecular weight is 509 g/mol. The molecule has 0 radical (unpaired) electrons. The molecule has 0 spiro atoms. The van der Waals surface area contributed by atoms with Gasteiger partial charge in [0.1, 0.15) is 0 Å². The molecule has 8 nitrogen and oxygen atoms in total. The lowest BCUT2D eigenvalue weighted by Gasteiger charge is -2.17. The van der Waals surface area contributed by atoms with Gasteiger partial charge in [0.25, 0.3) is 10.0 Å². The van der Waals surface area contributed by atoms with Crippen molar-refractivity contribution in [3.05, 3.63) is 77.6 Å². The summed E-state index contributed by atoms with van der Waals surface area (Å²) in [6.07, 6.45) is 2.03. The SMILES string of the molecule is COc1cc(Cc2nccc3cc(OC)c(OC)cc23)c(NS(=O)(=O)c2ccc(C)cc2)cc1OC. The molecule has 0 amide bonds. The summed E-state index contributed by atoms with van der Waals surface area (Å²) < 4.78 is 51.0. The van der Waals surface area contributed by atoms with Gasteiger partial charge in [0.2, 0.25) is 0 Å². The minimum absolute atomic E-state index is 0.161. The van der Waals surface area contributed by atoms with E-state index in [4.69, 9.17) is 18.9 Å². The molecule has 0 aliphatic heterocycles. The first-order valence-corrected chi connectivity index (χ1v) is 12.6. The van der Waals surface area contributed by atoms with Gasteiger partial charge < -0.3 is 18.9 Å². The predicted octanol–water partition coefficient (Wildman–Crippen LogP) is 4.97. The molecule has 0 bridgehead atoms. The minimum atomic E-state index is -3.85. The Bertz CT molecular complexity index is 1500. The van der Waals surface area contributed by atoms with Crippen molar-refractivity contribution >= 4 is 26.5 Å². The number of methoxy groups -OCH3 is 4. The number of aromatic nitrogens is 1. The Morgan fingerprint density at radius 3 is 2.00 bits per heavy atom. The van der Waals surface area contributed by atoms with Crippen LogP contribution in [0, 0.1) is 6.92 Å². The number of fused-ring (bicyclic) bond motifs is 1. The molecule has 0 aliphatic rings. The first-order valence-electron chi connectivity index (χ1n) is 11.1. The van der Waals surface area contributed by atoms with Crippen molar-refractivity contribution in [2.45, 2.75) is 18.2 Å². The van der Waals surface area contributed by atoms with E-state index < -0.39 is 10.0 Å². The number of nitrogens with one attached hydrogen (secondary N) is 1. The second kappa shape index (κ2) is 10.3. The zero-order chi connectivity index (χ0) is 25.9. The van der Waals surface area contributed by atoms with Crippen LogP contribution in [0.2, 0.25) is 0 Å². The molecule has 0 atom stereocenters. The lowest BCUT2D eigenvalue weighted by Crippen LogP contribution is -2.15. The van der Waals surface area contributed by atoms with Gasteiger partial charge in [-0.15, -0.1) is 0 Å². The molecule has 0 aliphatic carbocycles. The van der Waals surface area contributed by atoms with E-state index in [1.165, 1.54) is 14.2 Å². The normalized spacial score (nSPS) is 11.2. The van der Waals surface area contributed by atoms with Crippen molar-refractivity contribution in [1.82, 2.24) is 4.98 Å².